The molecule has 1 saturated carbocycles. The van der Waals surface area contributed by atoms with Gasteiger partial charge >= 0.3 is 0 Å². The Morgan fingerprint density at radius 1 is 1.32 bits per heavy atom. The highest BCUT2D eigenvalue weighted by Gasteiger charge is 2.26. The lowest BCUT2D eigenvalue weighted by atomic mass is 10.3. The highest BCUT2D eigenvalue weighted by molar-refractivity contribution is 7.11. The van der Waals surface area contributed by atoms with Crippen LogP contribution in [-0.2, 0) is 6.54 Å². The van der Waals surface area contributed by atoms with Gasteiger partial charge in [-0.05, 0) is 25.0 Å². The fourth-order valence-electron chi connectivity index (χ4n) is 2.15. The van der Waals surface area contributed by atoms with Crippen molar-refractivity contribution in [2.75, 3.05) is 5.32 Å². The van der Waals surface area contributed by atoms with Crippen LogP contribution in [0.2, 0.25) is 0 Å². The number of H-pyrrole nitrogens is 1. The second-order valence-electron chi connectivity index (χ2n) is 4.93. The number of pyridine rings is 1. The van der Waals surface area contributed by atoms with Gasteiger partial charge in [0.25, 0.3) is 0 Å². The molecule has 0 unspecified atom stereocenters. The maximum Gasteiger partial charge on any atom is 0.137 e. The highest BCUT2D eigenvalue weighted by Crippen LogP contribution is 2.41. The molecule has 5 heteroatoms. The second-order valence-corrected chi connectivity index (χ2v) is 6.08. The van der Waals surface area contributed by atoms with Crippen molar-refractivity contribution in [2.45, 2.75) is 25.3 Å². The first kappa shape index (κ1) is 11.0. The molecule has 1 aliphatic carbocycles. The quantitative estimate of drug-likeness (QED) is 0.762. The van der Waals surface area contributed by atoms with Gasteiger partial charge in [-0.1, -0.05) is 0 Å². The molecule has 0 saturated heterocycles. The lowest BCUT2D eigenvalue weighted by molar-refractivity contribution is 1.08. The van der Waals surface area contributed by atoms with Gasteiger partial charge < -0.3 is 10.3 Å². The van der Waals surface area contributed by atoms with Crippen molar-refractivity contribution in [1.29, 1.82) is 0 Å². The summed E-state index contributed by atoms with van der Waals surface area (Å²) in [5.74, 6) is 0.747. The maximum atomic E-state index is 4.49. The molecule has 0 spiro atoms. The fraction of sp³-hybridized carbons (Fsp3) is 0.286. The Morgan fingerprint density at radius 3 is 3.16 bits per heavy atom. The van der Waals surface area contributed by atoms with Crippen molar-refractivity contribution in [2.24, 2.45) is 0 Å². The number of nitrogens with one attached hydrogen (secondary N) is 2. The van der Waals surface area contributed by atoms with Crippen LogP contribution in [0.5, 0.6) is 0 Å². The molecule has 4 nitrogen and oxygen atoms in total. The van der Waals surface area contributed by atoms with Gasteiger partial charge in [0.05, 0.1) is 23.4 Å². The first-order valence-electron chi connectivity index (χ1n) is 6.50. The minimum atomic E-state index is 0.747. The summed E-state index contributed by atoms with van der Waals surface area (Å²) in [7, 11) is 0. The van der Waals surface area contributed by atoms with Gasteiger partial charge in [0.1, 0.15) is 5.65 Å². The van der Waals surface area contributed by atoms with E-state index in [1.54, 1.807) is 0 Å². The van der Waals surface area contributed by atoms with E-state index in [9.17, 15) is 0 Å². The van der Waals surface area contributed by atoms with E-state index in [2.05, 4.69) is 26.3 Å². The van der Waals surface area contributed by atoms with Crippen LogP contribution in [-0.4, -0.2) is 15.0 Å². The molecule has 3 heterocycles. The molecule has 2 N–H and O–H groups in total. The summed E-state index contributed by atoms with van der Waals surface area (Å²) in [4.78, 5) is 13.2. The van der Waals surface area contributed by atoms with Crippen molar-refractivity contribution >= 4 is 28.1 Å². The minimum absolute atomic E-state index is 0.747. The van der Waals surface area contributed by atoms with E-state index in [1.165, 1.54) is 22.7 Å². The summed E-state index contributed by atoms with van der Waals surface area (Å²) < 4.78 is 0. The predicted molar refractivity (Wildman–Crippen MR) is 77.5 cm³/mol. The first-order chi connectivity index (χ1) is 9.38. The van der Waals surface area contributed by atoms with Crippen LogP contribution in [0, 0.1) is 0 Å². The van der Waals surface area contributed by atoms with Crippen LogP contribution < -0.4 is 5.32 Å². The number of hydrogen-bond acceptors (Lipinski definition) is 4. The fourth-order valence-corrected chi connectivity index (χ4v) is 3.18. The largest absolute Gasteiger partial charge is 0.379 e. The number of rotatable bonds is 4. The molecule has 1 fully saturated rings. The zero-order chi connectivity index (χ0) is 12.7. The summed E-state index contributed by atoms with van der Waals surface area (Å²) in [5.41, 5.74) is 1.98. The molecule has 3 aromatic heterocycles. The van der Waals surface area contributed by atoms with Crippen LogP contribution in [0.1, 0.15) is 28.6 Å². The maximum absolute atomic E-state index is 4.49. The van der Waals surface area contributed by atoms with E-state index in [0.29, 0.717) is 0 Å². The van der Waals surface area contributed by atoms with Crippen LogP contribution in [0.4, 0.5) is 5.69 Å². The monoisotopic (exact) mass is 270 g/mol. The second kappa shape index (κ2) is 4.35. The molecule has 0 atom stereocenters. The van der Waals surface area contributed by atoms with Gasteiger partial charge in [0.2, 0.25) is 0 Å². The van der Waals surface area contributed by atoms with Crippen molar-refractivity contribution in [3.63, 3.8) is 0 Å². The molecule has 1 aliphatic rings. The van der Waals surface area contributed by atoms with Crippen molar-refractivity contribution in [1.82, 2.24) is 15.0 Å². The van der Waals surface area contributed by atoms with Crippen molar-refractivity contribution in [3.8, 4) is 0 Å². The van der Waals surface area contributed by atoms with Crippen LogP contribution in [0.25, 0.3) is 11.0 Å². The highest BCUT2D eigenvalue weighted by atomic mass is 32.1. The molecule has 0 radical (unpaired) electrons. The van der Waals surface area contributed by atoms with Crippen LogP contribution in [0.15, 0.2) is 30.7 Å². The van der Waals surface area contributed by atoms with Gasteiger partial charge in [-0.25, -0.2) is 9.97 Å². The third kappa shape index (κ3) is 2.21. The Hall–Kier alpha value is -1.88. The van der Waals surface area contributed by atoms with E-state index in [0.717, 1.165) is 29.2 Å². The predicted octanol–water partition coefficient (Wildman–Crippen LogP) is 3.51. The number of fused-ring (bicyclic) bond motifs is 1. The first-order valence-corrected chi connectivity index (χ1v) is 7.32. The van der Waals surface area contributed by atoms with E-state index in [4.69, 9.17) is 0 Å². The molecule has 96 valence electrons. The van der Waals surface area contributed by atoms with E-state index in [-0.39, 0.29) is 0 Å². The molecule has 0 bridgehead atoms. The van der Waals surface area contributed by atoms with Crippen molar-refractivity contribution < 1.29 is 0 Å². The minimum Gasteiger partial charge on any atom is -0.379 e. The van der Waals surface area contributed by atoms with E-state index >= 15 is 0 Å². The number of anilines is 1. The number of aromatic nitrogens is 3. The molecule has 0 aliphatic heterocycles. The van der Waals surface area contributed by atoms with Gasteiger partial charge in [-0.2, -0.15) is 0 Å². The van der Waals surface area contributed by atoms with Gasteiger partial charge in [0.15, 0.2) is 0 Å². The Balaban J connectivity index is 1.47. The van der Waals surface area contributed by atoms with Crippen LogP contribution in [0.3, 0.4) is 0 Å². The standard InChI is InChI=1S/C14H14N4S/c1-2-9(1)14-18-8-12(19-14)7-16-11-5-10-3-4-15-13(10)17-6-11/h3-6,8-9,16H,1-2,7H2,(H,15,17). The molecule has 19 heavy (non-hydrogen) atoms. The zero-order valence-electron chi connectivity index (χ0n) is 10.4. The Morgan fingerprint density at radius 2 is 2.26 bits per heavy atom. The van der Waals surface area contributed by atoms with Crippen LogP contribution >= 0.6 is 11.3 Å². The topological polar surface area (TPSA) is 53.6 Å². The number of nitrogens with zero attached hydrogens (tertiary/aromatic N) is 2. The molecule has 0 aromatic carbocycles. The summed E-state index contributed by atoms with van der Waals surface area (Å²) in [6.45, 7) is 0.821. The third-order valence-corrected chi connectivity index (χ3v) is 4.52. The van der Waals surface area contributed by atoms with Gasteiger partial charge in [-0.3, -0.25) is 0 Å². The Bertz CT molecular complexity index is 711. The third-order valence-electron chi connectivity index (χ3n) is 3.36. The number of aromatic amines is 1. The molecule has 3 aromatic rings. The summed E-state index contributed by atoms with van der Waals surface area (Å²) >= 11 is 1.83. The van der Waals surface area contributed by atoms with Gasteiger partial charge in [0, 0.05) is 28.6 Å². The lowest BCUT2D eigenvalue weighted by Gasteiger charge is -2.03. The normalized spacial score (nSPS) is 14.9. The molecular formula is C14H14N4S. The Labute approximate surface area is 114 Å². The summed E-state index contributed by atoms with van der Waals surface area (Å²) in [6.07, 6.45) is 8.39. The summed E-state index contributed by atoms with van der Waals surface area (Å²) in [6, 6.07) is 4.15. The molecule has 4 rings (SSSR count). The Kier molecular flexibility index (Phi) is 2.51. The smallest absolute Gasteiger partial charge is 0.137 e. The zero-order valence-corrected chi connectivity index (χ0v) is 11.2. The molecule has 0 amide bonds. The number of hydrogen-bond donors (Lipinski definition) is 2. The average Bonchev–Trinajstić information content (AvgIpc) is 3.01. The average molecular weight is 270 g/mol. The molecular weight excluding hydrogens is 256 g/mol. The summed E-state index contributed by atoms with van der Waals surface area (Å²) in [5, 5.41) is 5.84. The van der Waals surface area contributed by atoms with E-state index in [1.807, 2.05) is 36.0 Å². The number of thiazole rings is 1. The lowest BCUT2D eigenvalue weighted by Crippen LogP contribution is -1.97. The van der Waals surface area contributed by atoms with Crippen molar-refractivity contribution in [3.05, 3.63) is 40.6 Å². The van der Waals surface area contributed by atoms with Gasteiger partial charge in [-0.15, -0.1) is 11.3 Å². The SMILES string of the molecule is c1cc2cc(NCc3cnc(C4CC4)s3)cnc2[nH]1. The van der Waals surface area contributed by atoms with E-state index < -0.39 is 0 Å².